The monoisotopic (exact) mass is 391 g/mol. The normalized spacial score (nSPS) is 21.1. The molecular formula is C16H26ClN3O4S. The summed E-state index contributed by atoms with van der Waals surface area (Å²) in [7, 11) is -3.01. The molecule has 1 aliphatic heterocycles. The van der Waals surface area contributed by atoms with Crippen LogP contribution in [0.1, 0.15) is 24.3 Å². The van der Waals surface area contributed by atoms with E-state index in [0.717, 1.165) is 6.54 Å². The fourth-order valence-corrected chi connectivity index (χ4v) is 3.62. The van der Waals surface area contributed by atoms with E-state index >= 15 is 0 Å². The quantitative estimate of drug-likeness (QED) is 0.748. The molecule has 0 radical (unpaired) electrons. The largest absolute Gasteiger partial charge is 0.505 e. The van der Waals surface area contributed by atoms with Crippen molar-refractivity contribution in [1.29, 1.82) is 0 Å². The Morgan fingerprint density at radius 1 is 1.44 bits per heavy atom. The first-order valence-electron chi connectivity index (χ1n) is 8.02. The van der Waals surface area contributed by atoms with Crippen LogP contribution in [0, 0.1) is 11.8 Å². The second-order valence-corrected chi connectivity index (χ2v) is 9.01. The summed E-state index contributed by atoms with van der Waals surface area (Å²) in [5.74, 6) is 0.117. The predicted octanol–water partition coefficient (Wildman–Crippen LogP) is 0.940. The summed E-state index contributed by atoms with van der Waals surface area (Å²) in [5.41, 5.74) is 0.00888. The number of hydrogen-bond acceptors (Lipinski definition) is 6. The van der Waals surface area contributed by atoms with Gasteiger partial charge in [0, 0.05) is 38.1 Å². The van der Waals surface area contributed by atoms with Crippen molar-refractivity contribution in [2.45, 2.75) is 19.9 Å². The van der Waals surface area contributed by atoms with Gasteiger partial charge in [0.15, 0.2) is 5.69 Å². The Labute approximate surface area is 155 Å². The lowest BCUT2D eigenvalue weighted by atomic mass is 9.91. The summed E-state index contributed by atoms with van der Waals surface area (Å²) in [4.78, 5) is 18.4. The van der Waals surface area contributed by atoms with Gasteiger partial charge in [-0.25, -0.2) is 13.4 Å². The van der Waals surface area contributed by atoms with Crippen LogP contribution in [-0.2, 0) is 9.84 Å². The van der Waals surface area contributed by atoms with Gasteiger partial charge in [0.2, 0.25) is 0 Å². The second kappa shape index (κ2) is 8.82. The van der Waals surface area contributed by atoms with Gasteiger partial charge in [-0.3, -0.25) is 9.69 Å². The van der Waals surface area contributed by atoms with Gasteiger partial charge in [0.25, 0.3) is 5.91 Å². The molecule has 9 heteroatoms. The number of aromatic hydroxyl groups is 1. The fourth-order valence-electron chi connectivity index (χ4n) is 3.03. The number of carbonyl (C=O) groups is 1. The predicted molar refractivity (Wildman–Crippen MR) is 98.9 cm³/mol. The Hall–Kier alpha value is -1.38. The molecule has 142 valence electrons. The summed E-state index contributed by atoms with van der Waals surface area (Å²) in [6, 6.07) is 2.89. The van der Waals surface area contributed by atoms with Crippen molar-refractivity contribution < 1.29 is 18.3 Å². The third kappa shape index (κ3) is 6.13. The molecule has 0 spiro atoms. The maximum Gasteiger partial charge on any atom is 0.274 e. The van der Waals surface area contributed by atoms with Crippen LogP contribution in [-0.4, -0.2) is 67.0 Å². The van der Waals surface area contributed by atoms with E-state index in [9.17, 15) is 18.3 Å². The molecule has 1 saturated heterocycles. The number of amides is 1. The number of nitrogens with one attached hydrogen (secondary N) is 1. The molecule has 1 fully saturated rings. The average molecular weight is 392 g/mol. The van der Waals surface area contributed by atoms with E-state index in [-0.39, 0.29) is 41.6 Å². The van der Waals surface area contributed by atoms with Crippen LogP contribution in [0.25, 0.3) is 0 Å². The van der Waals surface area contributed by atoms with Crippen LogP contribution >= 0.6 is 12.4 Å². The van der Waals surface area contributed by atoms with E-state index in [4.69, 9.17) is 0 Å². The first-order chi connectivity index (χ1) is 11.2. The number of rotatable bonds is 6. The highest BCUT2D eigenvalue weighted by Crippen LogP contribution is 2.25. The Bertz CT molecular complexity index is 696. The second-order valence-electron chi connectivity index (χ2n) is 6.75. The molecule has 0 aliphatic carbocycles. The number of carbonyl (C=O) groups excluding carboxylic acids is 1. The highest BCUT2D eigenvalue weighted by atomic mass is 35.5. The SMILES string of the molecule is CC(C)[C@H]1CN(CCS(C)(=O)=O)C[C@@H]1NC(=O)c1ncccc1O.Cl. The maximum atomic E-state index is 12.4. The smallest absolute Gasteiger partial charge is 0.274 e. The lowest BCUT2D eigenvalue weighted by molar-refractivity contribution is 0.0917. The van der Waals surface area contributed by atoms with Gasteiger partial charge in [-0.1, -0.05) is 13.8 Å². The van der Waals surface area contributed by atoms with Gasteiger partial charge in [0.1, 0.15) is 15.6 Å². The molecule has 25 heavy (non-hydrogen) atoms. The third-order valence-electron chi connectivity index (χ3n) is 4.39. The molecule has 1 amide bonds. The van der Waals surface area contributed by atoms with Crippen LogP contribution in [0.15, 0.2) is 18.3 Å². The highest BCUT2D eigenvalue weighted by Gasteiger charge is 2.36. The number of likely N-dealkylation sites (tertiary alicyclic amines) is 1. The Morgan fingerprint density at radius 2 is 2.12 bits per heavy atom. The molecule has 0 bridgehead atoms. The van der Waals surface area contributed by atoms with Crippen LogP contribution in [0.2, 0.25) is 0 Å². The van der Waals surface area contributed by atoms with Gasteiger partial charge >= 0.3 is 0 Å². The van der Waals surface area contributed by atoms with Crippen LogP contribution < -0.4 is 5.32 Å². The zero-order valence-electron chi connectivity index (χ0n) is 14.7. The zero-order valence-corrected chi connectivity index (χ0v) is 16.3. The third-order valence-corrected chi connectivity index (χ3v) is 5.32. The summed E-state index contributed by atoms with van der Waals surface area (Å²) in [6.45, 7) is 5.97. The van der Waals surface area contributed by atoms with Crippen molar-refractivity contribution in [2.75, 3.05) is 31.6 Å². The number of hydrogen-bond donors (Lipinski definition) is 2. The molecule has 0 unspecified atom stereocenters. The molecule has 2 atom stereocenters. The molecule has 0 aromatic carbocycles. The molecule has 2 rings (SSSR count). The van der Waals surface area contributed by atoms with E-state index < -0.39 is 15.7 Å². The fraction of sp³-hybridized carbons (Fsp3) is 0.625. The van der Waals surface area contributed by atoms with E-state index in [0.29, 0.717) is 19.0 Å². The highest BCUT2D eigenvalue weighted by molar-refractivity contribution is 7.90. The first-order valence-corrected chi connectivity index (χ1v) is 10.1. The lowest BCUT2D eigenvalue weighted by Gasteiger charge is -2.22. The molecule has 1 aliphatic rings. The van der Waals surface area contributed by atoms with Crippen molar-refractivity contribution in [1.82, 2.24) is 15.2 Å². The Kier molecular flexibility index (Phi) is 7.64. The minimum Gasteiger partial charge on any atom is -0.505 e. The summed E-state index contributed by atoms with van der Waals surface area (Å²) >= 11 is 0. The molecule has 7 nitrogen and oxygen atoms in total. The van der Waals surface area contributed by atoms with Crippen LogP contribution in [0.5, 0.6) is 5.75 Å². The van der Waals surface area contributed by atoms with Crippen molar-refractivity contribution in [3.8, 4) is 5.75 Å². The molecule has 2 heterocycles. The van der Waals surface area contributed by atoms with Crippen molar-refractivity contribution in [2.24, 2.45) is 11.8 Å². The minimum absolute atomic E-state index is 0. The molecule has 0 saturated carbocycles. The number of nitrogens with zero attached hydrogens (tertiary/aromatic N) is 2. The first kappa shape index (κ1) is 21.7. The van der Waals surface area contributed by atoms with Crippen molar-refractivity contribution >= 4 is 28.2 Å². The Balaban J connectivity index is 0.00000312. The van der Waals surface area contributed by atoms with Crippen LogP contribution in [0.3, 0.4) is 0 Å². The standard InChI is InChI=1S/C16H25N3O4S.ClH/c1-11(2)12-9-19(7-8-24(3,22)23)10-13(12)18-16(21)15-14(20)5-4-6-17-15;/h4-6,11-13,20H,7-10H2,1-3H3,(H,18,21);1H/t12-,13+;/m1./s1. The number of sulfone groups is 1. The maximum absolute atomic E-state index is 12.4. The number of pyridine rings is 1. The molecule has 1 aromatic rings. The van der Waals surface area contributed by atoms with E-state index in [2.05, 4.69) is 29.0 Å². The topological polar surface area (TPSA) is 99.6 Å². The van der Waals surface area contributed by atoms with Crippen molar-refractivity contribution in [3.63, 3.8) is 0 Å². The van der Waals surface area contributed by atoms with Gasteiger partial charge in [0.05, 0.1) is 5.75 Å². The van der Waals surface area contributed by atoms with E-state index in [1.54, 1.807) is 6.07 Å². The number of halogens is 1. The Morgan fingerprint density at radius 3 is 2.68 bits per heavy atom. The van der Waals surface area contributed by atoms with Gasteiger partial charge in [-0.05, 0) is 24.0 Å². The molecular weight excluding hydrogens is 366 g/mol. The summed E-state index contributed by atoms with van der Waals surface area (Å²) in [5, 5.41) is 12.7. The molecule has 1 aromatic heterocycles. The van der Waals surface area contributed by atoms with E-state index in [1.807, 2.05) is 0 Å². The number of aromatic nitrogens is 1. The van der Waals surface area contributed by atoms with Gasteiger partial charge in [-0.15, -0.1) is 12.4 Å². The van der Waals surface area contributed by atoms with Crippen molar-refractivity contribution in [3.05, 3.63) is 24.0 Å². The molecule has 2 N–H and O–H groups in total. The van der Waals surface area contributed by atoms with Gasteiger partial charge < -0.3 is 10.4 Å². The summed E-state index contributed by atoms with van der Waals surface area (Å²) < 4.78 is 22.7. The van der Waals surface area contributed by atoms with Gasteiger partial charge in [-0.2, -0.15) is 0 Å². The summed E-state index contributed by atoms with van der Waals surface area (Å²) in [6.07, 6.45) is 2.69. The van der Waals surface area contributed by atoms with Crippen LogP contribution in [0.4, 0.5) is 0 Å². The average Bonchev–Trinajstić information content (AvgIpc) is 2.88. The minimum atomic E-state index is -3.01. The van der Waals surface area contributed by atoms with E-state index in [1.165, 1.54) is 18.5 Å². The lowest BCUT2D eigenvalue weighted by Crippen LogP contribution is -2.42. The zero-order chi connectivity index (χ0) is 17.9.